The molecule has 0 aliphatic carbocycles. The summed E-state index contributed by atoms with van der Waals surface area (Å²) in [6, 6.07) is 7.71. The van der Waals surface area contributed by atoms with Gasteiger partial charge in [-0.05, 0) is 23.8 Å². The van der Waals surface area contributed by atoms with Crippen molar-refractivity contribution >= 4 is 27.0 Å². The van der Waals surface area contributed by atoms with Gasteiger partial charge in [0.2, 0.25) is 0 Å². The first-order chi connectivity index (χ1) is 6.92. The van der Waals surface area contributed by atoms with Crippen LogP contribution in [-0.4, -0.2) is 27.1 Å². The molecule has 1 heterocycles. The molecule has 0 amide bonds. The fraction of sp³-hybridized carbons (Fsp3) is 0.333. The first-order valence-electron chi connectivity index (χ1n) is 4.41. The molecular formula is C9H10BrN3O. The Morgan fingerprint density at radius 3 is 3.07 bits per heavy atom. The van der Waals surface area contributed by atoms with Crippen LogP contribution in [0.2, 0.25) is 0 Å². The van der Waals surface area contributed by atoms with Crippen molar-refractivity contribution in [2.24, 2.45) is 0 Å². The molecule has 0 saturated carbocycles. The third-order valence-electron chi connectivity index (χ3n) is 1.81. The van der Waals surface area contributed by atoms with Crippen molar-refractivity contribution < 1.29 is 4.84 Å². The molecule has 2 rings (SSSR count). The second kappa shape index (κ2) is 4.41. The van der Waals surface area contributed by atoms with Crippen LogP contribution in [0.15, 0.2) is 24.3 Å². The van der Waals surface area contributed by atoms with E-state index in [1.54, 1.807) is 0 Å². The summed E-state index contributed by atoms with van der Waals surface area (Å²) < 4.78 is 0. The van der Waals surface area contributed by atoms with Crippen LogP contribution in [-0.2, 0) is 0 Å². The van der Waals surface area contributed by atoms with Gasteiger partial charge in [-0.2, -0.15) is 0 Å². The monoisotopic (exact) mass is 255 g/mol. The van der Waals surface area contributed by atoms with Crippen LogP contribution in [0.1, 0.15) is 6.42 Å². The van der Waals surface area contributed by atoms with Gasteiger partial charge < -0.3 is 4.84 Å². The molecule has 0 radical (unpaired) electrons. The Morgan fingerprint density at radius 1 is 1.36 bits per heavy atom. The van der Waals surface area contributed by atoms with Gasteiger partial charge in [0.1, 0.15) is 17.6 Å². The number of benzene rings is 1. The lowest BCUT2D eigenvalue weighted by Crippen LogP contribution is -2.14. The van der Waals surface area contributed by atoms with Crippen LogP contribution in [0.25, 0.3) is 11.0 Å². The van der Waals surface area contributed by atoms with Crippen LogP contribution in [0.5, 0.6) is 0 Å². The van der Waals surface area contributed by atoms with E-state index in [9.17, 15) is 0 Å². The molecule has 4 nitrogen and oxygen atoms in total. The molecule has 0 fully saturated rings. The molecular weight excluding hydrogens is 246 g/mol. The largest absolute Gasteiger partial charge is 0.395 e. The number of halogens is 1. The van der Waals surface area contributed by atoms with E-state index in [0.717, 1.165) is 22.8 Å². The molecule has 0 atom stereocenters. The Balaban J connectivity index is 2.17. The fourth-order valence-corrected chi connectivity index (χ4v) is 1.38. The van der Waals surface area contributed by atoms with Crippen molar-refractivity contribution in [2.45, 2.75) is 6.42 Å². The molecule has 74 valence electrons. The number of rotatable bonds is 4. The lowest BCUT2D eigenvalue weighted by atomic mass is 10.3. The van der Waals surface area contributed by atoms with Gasteiger partial charge in [-0.1, -0.05) is 32.9 Å². The molecule has 0 saturated heterocycles. The second-order valence-corrected chi connectivity index (χ2v) is 3.62. The first kappa shape index (κ1) is 9.45. The van der Waals surface area contributed by atoms with Crippen molar-refractivity contribution in [2.75, 3.05) is 11.9 Å². The summed E-state index contributed by atoms with van der Waals surface area (Å²) in [5.74, 6) is 0. The highest BCUT2D eigenvalue weighted by Crippen LogP contribution is 2.07. The maximum absolute atomic E-state index is 5.41. The predicted molar refractivity (Wildman–Crippen MR) is 57.4 cm³/mol. The zero-order valence-electron chi connectivity index (χ0n) is 7.56. The molecule has 0 aliphatic heterocycles. The summed E-state index contributed by atoms with van der Waals surface area (Å²) in [6.07, 6.45) is 0.953. The molecule has 2 aromatic rings. The van der Waals surface area contributed by atoms with Crippen LogP contribution >= 0.6 is 15.9 Å². The number of nitrogens with zero attached hydrogens (tertiary/aromatic N) is 3. The van der Waals surface area contributed by atoms with Gasteiger partial charge in [0.15, 0.2) is 0 Å². The molecule has 0 spiro atoms. The van der Waals surface area contributed by atoms with Crippen LogP contribution in [0, 0.1) is 0 Å². The molecule has 14 heavy (non-hydrogen) atoms. The summed E-state index contributed by atoms with van der Waals surface area (Å²) in [5.41, 5.74) is 1.76. The summed E-state index contributed by atoms with van der Waals surface area (Å²) in [4.78, 5) is 6.88. The maximum Gasteiger partial charge on any atom is 0.130 e. The average Bonchev–Trinajstić information content (AvgIpc) is 2.63. The van der Waals surface area contributed by atoms with E-state index in [1.807, 2.05) is 24.3 Å². The maximum atomic E-state index is 5.41. The molecule has 1 aromatic heterocycles. The Hall–Kier alpha value is -1.10. The highest BCUT2D eigenvalue weighted by molar-refractivity contribution is 9.09. The summed E-state index contributed by atoms with van der Waals surface area (Å²) >= 11 is 3.34. The molecule has 0 bridgehead atoms. The van der Waals surface area contributed by atoms with Gasteiger partial charge in [-0.15, -0.1) is 5.10 Å². The van der Waals surface area contributed by atoms with E-state index in [1.165, 1.54) is 4.85 Å². The van der Waals surface area contributed by atoms with Crippen molar-refractivity contribution in [3.63, 3.8) is 0 Å². The van der Waals surface area contributed by atoms with E-state index in [4.69, 9.17) is 4.84 Å². The predicted octanol–water partition coefficient (Wildman–Crippen LogP) is 1.64. The lowest BCUT2D eigenvalue weighted by molar-refractivity contribution is 0.0886. The van der Waals surface area contributed by atoms with Gasteiger partial charge in [0.25, 0.3) is 0 Å². The Labute approximate surface area is 89.9 Å². The highest BCUT2D eigenvalue weighted by atomic mass is 79.9. The number of hydrogen-bond acceptors (Lipinski definition) is 3. The zero-order valence-corrected chi connectivity index (χ0v) is 9.14. The fourth-order valence-electron chi connectivity index (χ4n) is 1.15. The van der Waals surface area contributed by atoms with Crippen molar-refractivity contribution in [1.29, 1.82) is 0 Å². The van der Waals surface area contributed by atoms with Crippen LogP contribution in [0.4, 0.5) is 0 Å². The smallest absolute Gasteiger partial charge is 0.130 e. The second-order valence-electron chi connectivity index (χ2n) is 2.83. The number of alkyl halides is 1. The quantitative estimate of drug-likeness (QED) is 0.616. The standard InChI is InChI=1S/C9H10BrN3O/c10-6-3-7-14-13-9-5-2-1-4-8(9)11-12-13/h1-2,4-5H,3,6-7H2. The van der Waals surface area contributed by atoms with Crippen molar-refractivity contribution in [3.05, 3.63) is 24.3 Å². The van der Waals surface area contributed by atoms with Gasteiger partial charge >= 0.3 is 0 Å². The lowest BCUT2D eigenvalue weighted by Gasteiger charge is -2.02. The van der Waals surface area contributed by atoms with Gasteiger partial charge in [-0.3, -0.25) is 0 Å². The van der Waals surface area contributed by atoms with E-state index >= 15 is 0 Å². The highest BCUT2D eigenvalue weighted by Gasteiger charge is 2.02. The molecule has 5 heteroatoms. The molecule has 0 aliphatic rings. The summed E-state index contributed by atoms with van der Waals surface area (Å²) in [5, 5.41) is 8.80. The minimum atomic E-state index is 0.638. The van der Waals surface area contributed by atoms with Gasteiger partial charge in [-0.25, -0.2) is 0 Å². The summed E-state index contributed by atoms with van der Waals surface area (Å²) in [6.45, 7) is 0.638. The number of hydrogen-bond donors (Lipinski definition) is 0. The Morgan fingerprint density at radius 2 is 2.21 bits per heavy atom. The van der Waals surface area contributed by atoms with E-state index in [-0.39, 0.29) is 0 Å². The molecule has 1 aromatic carbocycles. The first-order valence-corrected chi connectivity index (χ1v) is 5.53. The molecule has 0 N–H and O–H groups in total. The average molecular weight is 256 g/mol. The number of para-hydroxylation sites is 1. The zero-order chi connectivity index (χ0) is 9.80. The minimum Gasteiger partial charge on any atom is -0.395 e. The molecule has 0 unspecified atom stereocenters. The third kappa shape index (κ3) is 1.87. The van der Waals surface area contributed by atoms with Crippen molar-refractivity contribution in [3.8, 4) is 0 Å². The normalized spacial score (nSPS) is 10.6. The topological polar surface area (TPSA) is 39.9 Å². The Bertz CT molecular complexity index is 415. The Kier molecular flexibility index (Phi) is 2.98. The minimum absolute atomic E-state index is 0.638. The van der Waals surface area contributed by atoms with Crippen LogP contribution < -0.4 is 4.84 Å². The summed E-state index contributed by atoms with van der Waals surface area (Å²) in [7, 11) is 0. The van der Waals surface area contributed by atoms with E-state index < -0.39 is 0 Å². The van der Waals surface area contributed by atoms with Gasteiger partial charge in [0, 0.05) is 5.33 Å². The van der Waals surface area contributed by atoms with E-state index in [0.29, 0.717) is 6.61 Å². The number of fused-ring (bicyclic) bond motifs is 1. The SMILES string of the molecule is BrCCCOn1nnc2ccccc21. The van der Waals surface area contributed by atoms with Crippen molar-refractivity contribution in [1.82, 2.24) is 15.2 Å². The van der Waals surface area contributed by atoms with E-state index in [2.05, 4.69) is 26.2 Å². The van der Waals surface area contributed by atoms with Gasteiger partial charge in [0.05, 0.1) is 0 Å². The number of aromatic nitrogens is 3. The van der Waals surface area contributed by atoms with Crippen LogP contribution in [0.3, 0.4) is 0 Å². The third-order valence-corrected chi connectivity index (χ3v) is 2.37.